The molecular weight excluding hydrogens is 224 g/mol. The minimum absolute atomic E-state index is 0.285. The van der Waals surface area contributed by atoms with Crippen LogP contribution in [-0.2, 0) is 6.54 Å². The summed E-state index contributed by atoms with van der Waals surface area (Å²) in [5.41, 5.74) is 3.16. The average molecular weight is 234 g/mol. The van der Waals surface area contributed by atoms with Gasteiger partial charge in [0.15, 0.2) is 0 Å². The lowest BCUT2D eigenvalue weighted by Crippen LogP contribution is -1.98. The summed E-state index contributed by atoms with van der Waals surface area (Å²) in [5.74, 6) is 0.285. The predicted molar refractivity (Wildman–Crippen MR) is 64.6 cm³/mol. The van der Waals surface area contributed by atoms with Crippen molar-refractivity contribution in [3.8, 4) is 12.1 Å². The minimum atomic E-state index is 0.285. The van der Waals surface area contributed by atoms with Gasteiger partial charge in [0, 0.05) is 24.4 Å². The summed E-state index contributed by atoms with van der Waals surface area (Å²) < 4.78 is 2.13. The molecule has 3 rings (SSSR count). The van der Waals surface area contributed by atoms with Gasteiger partial charge in [-0.05, 0) is 24.1 Å². The number of hydrogen-bond donors (Lipinski definition) is 0. The molecule has 0 radical (unpaired) electrons. The number of rotatable bonds is 1. The number of hydrogen-bond acceptors (Lipinski definition) is 3. The topological polar surface area (TPSA) is 65.4 Å². The second-order valence-corrected chi connectivity index (χ2v) is 4.38. The first-order valence-electron chi connectivity index (χ1n) is 5.77. The van der Waals surface area contributed by atoms with Crippen molar-refractivity contribution in [3.05, 3.63) is 53.1 Å². The van der Waals surface area contributed by atoms with Crippen LogP contribution < -0.4 is 0 Å². The number of nitrogens with zero attached hydrogens (tertiary/aromatic N) is 4. The molecule has 0 N–H and O–H groups in total. The van der Waals surface area contributed by atoms with Crippen LogP contribution in [0.2, 0.25) is 0 Å². The van der Waals surface area contributed by atoms with Crippen LogP contribution in [0.3, 0.4) is 0 Å². The van der Waals surface area contributed by atoms with Crippen molar-refractivity contribution in [3.63, 3.8) is 0 Å². The van der Waals surface area contributed by atoms with E-state index in [1.807, 2.05) is 30.7 Å². The lowest BCUT2D eigenvalue weighted by atomic mass is 9.92. The molecule has 0 spiro atoms. The Balaban J connectivity index is 2.06. The molecule has 1 atom stereocenters. The van der Waals surface area contributed by atoms with E-state index in [-0.39, 0.29) is 5.92 Å². The zero-order chi connectivity index (χ0) is 12.5. The van der Waals surface area contributed by atoms with Crippen molar-refractivity contribution in [2.75, 3.05) is 0 Å². The van der Waals surface area contributed by atoms with Gasteiger partial charge in [0.2, 0.25) is 0 Å². The van der Waals surface area contributed by atoms with Crippen molar-refractivity contribution >= 4 is 0 Å². The molecule has 0 amide bonds. The minimum Gasteiger partial charge on any atom is -0.334 e. The van der Waals surface area contributed by atoms with Gasteiger partial charge in [-0.25, -0.2) is 4.98 Å². The SMILES string of the molecule is N#Cc1ccc(C2CCn3cncc32)cc1C#N. The molecule has 0 saturated heterocycles. The second kappa shape index (κ2) is 4.01. The molecular formula is C14H10N4. The molecule has 0 aliphatic carbocycles. The molecule has 1 unspecified atom stereocenters. The van der Waals surface area contributed by atoms with Gasteiger partial charge in [-0.15, -0.1) is 0 Å². The van der Waals surface area contributed by atoms with E-state index >= 15 is 0 Å². The van der Waals surface area contributed by atoms with Crippen LogP contribution in [0.1, 0.15) is 34.7 Å². The van der Waals surface area contributed by atoms with Gasteiger partial charge in [0.05, 0.1) is 17.5 Å². The van der Waals surface area contributed by atoms with Gasteiger partial charge >= 0.3 is 0 Å². The summed E-state index contributed by atoms with van der Waals surface area (Å²) in [5, 5.41) is 18.0. The molecule has 1 aliphatic heterocycles. The molecule has 0 fully saturated rings. The van der Waals surface area contributed by atoms with E-state index in [0.29, 0.717) is 11.1 Å². The van der Waals surface area contributed by atoms with Crippen LogP contribution in [0.15, 0.2) is 30.7 Å². The van der Waals surface area contributed by atoms with Crippen molar-refractivity contribution in [2.45, 2.75) is 18.9 Å². The van der Waals surface area contributed by atoms with Crippen LogP contribution in [0, 0.1) is 22.7 Å². The number of aryl methyl sites for hydroxylation is 1. The van der Waals surface area contributed by atoms with E-state index in [1.165, 1.54) is 5.69 Å². The van der Waals surface area contributed by atoms with Gasteiger partial charge < -0.3 is 4.57 Å². The monoisotopic (exact) mass is 234 g/mol. The maximum Gasteiger partial charge on any atom is 0.101 e. The van der Waals surface area contributed by atoms with Gasteiger partial charge in [-0.1, -0.05) is 6.07 Å². The third kappa shape index (κ3) is 1.48. The number of imidazole rings is 1. The molecule has 2 aromatic rings. The fourth-order valence-corrected chi connectivity index (χ4v) is 2.53. The lowest BCUT2D eigenvalue weighted by Gasteiger charge is -2.10. The quantitative estimate of drug-likeness (QED) is 0.759. The highest BCUT2D eigenvalue weighted by Crippen LogP contribution is 2.34. The van der Waals surface area contributed by atoms with Gasteiger partial charge in [-0.3, -0.25) is 0 Å². The highest BCUT2D eigenvalue weighted by Gasteiger charge is 2.24. The summed E-state index contributed by atoms with van der Waals surface area (Å²) in [7, 11) is 0. The van der Waals surface area contributed by atoms with Crippen molar-refractivity contribution < 1.29 is 0 Å². The van der Waals surface area contributed by atoms with Crippen LogP contribution >= 0.6 is 0 Å². The predicted octanol–water partition coefficient (Wildman–Crippen LogP) is 2.16. The number of fused-ring (bicyclic) bond motifs is 1. The third-order valence-electron chi connectivity index (χ3n) is 3.45. The van der Waals surface area contributed by atoms with E-state index in [1.54, 1.807) is 6.07 Å². The molecule has 2 heterocycles. The summed E-state index contributed by atoms with van der Waals surface area (Å²) in [6, 6.07) is 9.61. The number of nitriles is 2. The van der Waals surface area contributed by atoms with Crippen molar-refractivity contribution in [2.24, 2.45) is 0 Å². The van der Waals surface area contributed by atoms with Crippen LogP contribution in [0.4, 0.5) is 0 Å². The number of aromatic nitrogens is 2. The Labute approximate surface area is 105 Å². The first-order valence-corrected chi connectivity index (χ1v) is 5.77. The van der Waals surface area contributed by atoms with Crippen LogP contribution in [-0.4, -0.2) is 9.55 Å². The maximum atomic E-state index is 9.05. The molecule has 1 aliphatic rings. The second-order valence-electron chi connectivity index (χ2n) is 4.38. The van der Waals surface area contributed by atoms with E-state index < -0.39 is 0 Å². The molecule has 1 aromatic heterocycles. The van der Waals surface area contributed by atoms with E-state index in [9.17, 15) is 0 Å². The molecule has 4 heteroatoms. The van der Waals surface area contributed by atoms with E-state index in [2.05, 4.69) is 15.6 Å². The van der Waals surface area contributed by atoms with Crippen molar-refractivity contribution in [1.29, 1.82) is 10.5 Å². The summed E-state index contributed by atoms with van der Waals surface area (Å²) in [6.45, 7) is 0.960. The highest BCUT2D eigenvalue weighted by atomic mass is 15.1. The Bertz CT molecular complexity index is 685. The number of benzene rings is 1. The Morgan fingerprint density at radius 2 is 2.06 bits per heavy atom. The lowest BCUT2D eigenvalue weighted by molar-refractivity contribution is 0.714. The molecule has 0 bridgehead atoms. The maximum absolute atomic E-state index is 9.05. The van der Waals surface area contributed by atoms with Gasteiger partial charge in [0.1, 0.15) is 12.1 Å². The Morgan fingerprint density at radius 3 is 2.83 bits per heavy atom. The first kappa shape index (κ1) is 10.6. The standard InChI is InChI=1S/C14H10N4/c15-6-11-2-1-10(5-12(11)7-16)13-3-4-18-9-17-8-14(13)18/h1-2,5,8-9,13H,3-4H2. The molecule has 18 heavy (non-hydrogen) atoms. The summed E-state index contributed by atoms with van der Waals surface area (Å²) in [6.07, 6.45) is 4.74. The average Bonchev–Trinajstić information content (AvgIpc) is 3.00. The molecule has 86 valence electrons. The third-order valence-corrected chi connectivity index (χ3v) is 3.45. The fourth-order valence-electron chi connectivity index (χ4n) is 2.53. The van der Waals surface area contributed by atoms with Gasteiger partial charge in [0.25, 0.3) is 0 Å². The van der Waals surface area contributed by atoms with Crippen molar-refractivity contribution in [1.82, 2.24) is 9.55 Å². The Hall–Kier alpha value is -2.59. The van der Waals surface area contributed by atoms with E-state index in [0.717, 1.165) is 18.5 Å². The zero-order valence-electron chi connectivity index (χ0n) is 9.67. The smallest absolute Gasteiger partial charge is 0.101 e. The molecule has 0 saturated carbocycles. The molecule has 4 nitrogen and oxygen atoms in total. The largest absolute Gasteiger partial charge is 0.334 e. The zero-order valence-corrected chi connectivity index (χ0v) is 9.67. The first-order chi connectivity index (χ1) is 8.83. The Kier molecular flexibility index (Phi) is 2.35. The summed E-state index contributed by atoms with van der Waals surface area (Å²) >= 11 is 0. The fraction of sp³-hybridized carbons (Fsp3) is 0.214. The Morgan fingerprint density at radius 1 is 1.22 bits per heavy atom. The van der Waals surface area contributed by atoms with Crippen LogP contribution in [0.5, 0.6) is 0 Å². The summed E-state index contributed by atoms with van der Waals surface area (Å²) in [4.78, 5) is 4.14. The normalized spacial score (nSPS) is 16.9. The van der Waals surface area contributed by atoms with Crippen LogP contribution in [0.25, 0.3) is 0 Å². The highest BCUT2D eigenvalue weighted by molar-refractivity contribution is 5.49. The van der Waals surface area contributed by atoms with E-state index in [4.69, 9.17) is 10.5 Å². The van der Waals surface area contributed by atoms with Gasteiger partial charge in [-0.2, -0.15) is 10.5 Å². The molecule has 1 aromatic carbocycles.